The van der Waals surface area contributed by atoms with Crippen LogP contribution in [-0.4, -0.2) is 25.9 Å². The van der Waals surface area contributed by atoms with E-state index in [2.05, 4.69) is 20.6 Å². The molecule has 0 saturated carbocycles. The number of carbonyl (C=O) groups is 1. The molecule has 1 aromatic carbocycles. The Labute approximate surface area is 134 Å². The molecular formula is C15H12F3N5O. The summed E-state index contributed by atoms with van der Waals surface area (Å²) in [5.74, 6) is -0.293. The summed E-state index contributed by atoms with van der Waals surface area (Å²) in [5.41, 5.74) is 0.699. The van der Waals surface area contributed by atoms with Crippen LogP contribution in [0.3, 0.4) is 0 Å². The lowest BCUT2D eigenvalue weighted by Gasteiger charge is -2.06. The number of H-pyrrole nitrogens is 1. The zero-order chi connectivity index (χ0) is 17.2. The molecular weight excluding hydrogens is 323 g/mol. The van der Waals surface area contributed by atoms with E-state index in [0.29, 0.717) is 11.4 Å². The number of aromatic amines is 1. The van der Waals surface area contributed by atoms with Crippen molar-refractivity contribution in [3.8, 4) is 5.69 Å². The molecule has 0 saturated heterocycles. The lowest BCUT2D eigenvalue weighted by Crippen LogP contribution is -2.23. The Morgan fingerprint density at radius 1 is 1.17 bits per heavy atom. The second-order valence-corrected chi connectivity index (χ2v) is 4.96. The first-order chi connectivity index (χ1) is 11.4. The average Bonchev–Trinajstić information content (AvgIpc) is 3.23. The van der Waals surface area contributed by atoms with Crippen LogP contribution in [-0.2, 0) is 12.7 Å². The number of amides is 1. The number of rotatable bonds is 4. The lowest BCUT2D eigenvalue weighted by atomic mass is 10.2. The van der Waals surface area contributed by atoms with Crippen LogP contribution in [0.15, 0.2) is 48.8 Å². The highest BCUT2D eigenvalue weighted by atomic mass is 19.4. The van der Waals surface area contributed by atoms with E-state index in [0.717, 1.165) is 16.3 Å². The number of hydrogen-bond donors (Lipinski definition) is 2. The minimum absolute atomic E-state index is 0.283. The summed E-state index contributed by atoms with van der Waals surface area (Å²) in [6.45, 7) is 0.283. The molecule has 0 bridgehead atoms. The van der Waals surface area contributed by atoms with Crippen molar-refractivity contribution >= 4 is 5.91 Å². The van der Waals surface area contributed by atoms with Gasteiger partial charge in [0.2, 0.25) is 0 Å². The molecule has 3 aromatic rings. The number of halogens is 3. The van der Waals surface area contributed by atoms with E-state index in [-0.39, 0.29) is 12.5 Å². The SMILES string of the molecule is O=C(NCc1ccc(-n2ccc(C(F)(F)F)n2)cc1)c1ccn[nH]1. The van der Waals surface area contributed by atoms with Crippen molar-refractivity contribution in [2.75, 3.05) is 0 Å². The summed E-state index contributed by atoms with van der Waals surface area (Å²) in [4.78, 5) is 11.8. The third-order valence-corrected chi connectivity index (χ3v) is 3.28. The van der Waals surface area contributed by atoms with Gasteiger partial charge in [-0.1, -0.05) is 12.1 Å². The number of benzene rings is 1. The first kappa shape index (κ1) is 15.8. The van der Waals surface area contributed by atoms with Crippen LogP contribution in [0.25, 0.3) is 5.69 Å². The molecule has 124 valence electrons. The predicted octanol–water partition coefficient (Wildman–Crippen LogP) is 2.54. The molecule has 0 aliphatic carbocycles. The van der Waals surface area contributed by atoms with E-state index in [9.17, 15) is 18.0 Å². The van der Waals surface area contributed by atoms with Gasteiger partial charge in [-0.15, -0.1) is 0 Å². The van der Waals surface area contributed by atoms with Gasteiger partial charge >= 0.3 is 6.18 Å². The summed E-state index contributed by atoms with van der Waals surface area (Å²) < 4.78 is 38.8. The van der Waals surface area contributed by atoms with Crippen molar-refractivity contribution < 1.29 is 18.0 Å². The van der Waals surface area contributed by atoms with Crippen molar-refractivity contribution in [1.82, 2.24) is 25.3 Å². The molecule has 0 aliphatic heterocycles. The Bertz CT molecular complexity index is 822. The molecule has 0 unspecified atom stereocenters. The monoisotopic (exact) mass is 335 g/mol. The fraction of sp³-hybridized carbons (Fsp3) is 0.133. The molecule has 0 aliphatic rings. The largest absolute Gasteiger partial charge is 0.435 e. The van der Waals surface area contributed by atoms with Gasteiger partial charge in [-0.3, -0.25) is 9.89 Å². The Morgan fingerprint density at radius 3 is 2.50 bits per heavy atom. The highest BCUT2D eigenvalue weighted by Gasteiger charge is 2.33. The van der Waals surface area contributed by atoms with Gasteiger partial charge in [0.25, 0.3) is 5.91 Å². The van der Waals surface area contributed by atoms with Crippen molar-refractivity contribution in [2.24, 2.45) is 0 Å². The maximum absolute atomic E-state index is 12.6. The summed E-state index contributed by atoms with van der Waals surface area (Å²) in [7, 11) is 0. The number of aromatic nitrogens is 4. The van der Waals surface area contributed by atoms with Crippen LogP contribution < -0.4 is 5.32 Å². The van der Waals surface area contributed by atoms with Crippen molar-refractivity contribution in [3.63, 3.8) is 0 Å². The zero-order valence-corrected chi connectivity index (χ0v) is 12.2. The molecule has 2 heterocycles. The van der Waals surface area contributed by atoms with Crippen LogP contribution in [0.5, 0.6) is 0 Å². The zero-order valence-electron chi connectivity index (χ0n) is 12.2. The molecule has 24 heavy (non-hydrogen) atoms. The highest BCUT2D eigenvalue weighted by molar-refractivity contribution is 5.92. The van der Waals surface area contributed by atoms with Gasteiger partial charge in [0.15, 0.2) is 5.69 Å². The van der Waals surface area contributed by atoms with Crippen LogP contribution in [0.1, 0.15) is 21.7 Å². The number of nitrogens with one attached hydrogen (secondary N) is 2. The quantitative estimate of drug-likeness (QED) is 0.769. The minimum Gasteiger partial charge on any atom is -0.347 e. The summed E-state index contributed by atoms with van der Waals surface area (Å²) in [5, 5.41) is 12.4. The van der Waals surface area contributed by atoms with Crippen LogP contribution in [0.2, 0.25) is 0 Å². The fourth-order valence-electron chi connectivity index (χ4n) is 2.05. The average molecular weight is 335 g/mol. The lowest BCUT2D eigenvalue weighted by molar-refractivity contribution is -0.141. The Morgan fingerprint density at radius 2 is 1.92 bits per heavy atom. The molecule has 9 heteroatoms. The van der Waals surface area contributed by atoms with E-state index < -0.39 is 11.9 Å². The standard InChI is InChI=1S/C15H12F3N5O/c16-15(17,18)13-6-8-23(22-13)11-3-1-10(2-4-11)9-19-14(24)12-5-7-20-21-12/h1-8H,9H2,(H,19,24)(H,20,21). The van der Waals surface area contributed by atoms with Gasteiger partial charge in [0.1, 0.15) is 5.69 Å². The molecule has 6 nitrogen and oxygen atoms in total. The van der Waals surface area contributed by atoms with Crippen molar-refractivity contribution in [3.05, 3.63) is 65.7 Å². The molecule has 0 fully saturated rings. The van der Waals surface area contributed by atoms with E-state index in [4.69, 9.17) is 0 Å². The first-order valence-electron chi connectivity index (χ1n) is 6.93. The first-order valence-corrected chi connectivity index (χ1v) is 6.93. The van der Waals surface area contributed by atoms with Gasteiger partial charge < -0.3 is 5.32 Å². The molecule has 2 aromatic heterocycles. The molecule has 3 rings (SSSR count). The van der Waals surface area contributed by atoms with Gasteiger partial charge in [0, 0.05) is 18.9 Å². The van der Waals surface area contributed by atoms with Crippen LogP contribution in [0, 0.1) is 0 Å². The van der Waals surface area contributed by atoms with Crippen LogP contribution in [0.4, 0.5) is 13.2 Å². The third-order valence-electron chi connectivity index (χ3n) is 3.28. The number of carbonyl (C=O) groups excluding carboxylic acids is 1. The third kappa shape index (κ3) is 3.45. The smallest absolute Gasteiger partial charge is 0.347 e. The molecule has 0 atom stereocenters. The second-order valence-electron chi connectivity index (χ2n) is 4.96. The fourth-order valence-corrected chi connectivity index (χ4v) is 2.05. The predicted molar refractivity (Wildman–Crippen MR) is 78.3 cm³/mol. The van der Waals surface area contributed by atoms with E-state index in [1.165, 1.54) is 12.4 Å². The molecule has 0 spiro atoms. The maximum atomic E-state index is 12.6. The van der Waals surface area contributed by atoms with E-state index in [1.807, 2.05) is 0 Å². The maximum Gasteiger partial charge on any atom is 0.435 e. The van der Waals surface area contributed by atoms with Gasteiger partial charge in [0.05, 0.1) is 5.69 Å². The summed E-state index contributed by atoms with van der Waals surface area (Å²) >= 11 is 0. The number of nitrogens with zero attached hydrogens (tertiary/aromatic N) is 3. The Hall–Kier alpha value is -3.10. The molecule has 2 N–H and O–H groups in total. The summed E-state index contributed by atoms with van der Waals surface area (Å²) in [6.07, 6.45) is -1.75. The summed E-state index contributed by atoms with van der Waals surface area (Å²) in [6, 6.07) is 9.14. The van der Waals surface area contributed by atoms with E-state index in [1.54, 1.807) is 30.3 Å². The Kier molecular flexibility index (Phi) is 4.07. The Balaban J connectivity index is 1.65. The van der Waals surface area contributed by atoms with E-state index >= 15 is 0 Å². The van der Waals surface area contributed by atoms with Gasteiger partial charge in [-0.2, -0.15) is 23.4 Å². The van der Waals surface area contributed by atoms with Gasteiger partial charge in [-0.25, -0.2) is 4.68 Å². The second kappa shape index (κ2) is 6.19. The number of alkyl halides is 3. The highest BCUT2D eigenvalue weighted by Crippen LogP contribution is 2.27. The molecule has 0 radical (unpaired) electrons. The number of hydrogen-bond acceptors (Lipinski definition) is 3. The normalized spacial score (nSPS) is 11.5. The van der Waals surface area contributed by atoms with Crippen molar-refractivity contribution in [1.29, 1.82) is 0 Å². The van der Waals surface area contributed by atoms with Gasteiger partial charge in [-0.05, 0) is 29.8 Å². The molecule has 1 amide bonds. The topological polar surface area (TPSA) is 75.6 Å². The van der Waals surface area contributed by atoms with Crippen LogP contribution >= 0.6 is 0 Å². The minimum atomic E-state index is -4.47. The van der Waals surface area contributed by atoms with Crippen molar-refractivity contribution in [2.45, 2.75) is 12.7 Å².